The van der Waals surface area contributed by atoms with Crippen LogP contribution in [-0.2, 0) is 12.8 Å². The van der Waals surface area contributed by atoms with Gasteiger partial charge in [0, 0.05) is 12.1 Å². The van der Waals surface area contributed by atoms with Gasteiger partial charge in [-0.3, -0.25) is 4.90 Å². The van der Waals surface area contributed by atoms with Crippen LogP contribution in [0.5, 0.6) is 11.5 Å². The Balaban J connectivity index is 1.43. The first kappa shape index (κ1) is 17.4. The van der Waals surface area contributed by atoms with Crippen molar-refractivity contribution in [1.29, 1.82) is 0 Å². The largest absolute Gasteiger partial charge is 0.507 e. The molecule has 0 spiro atoms. The summed E-state index contributed by atoms with van der Waals surface area (Å²) in [7, 11) is 0. The van der Waals surface area contributed by atoms with Gasteiger partial charge in [-0.2, -0.15) is 0 Å². The van der Waals surface area contributed by atoms with Gasteiger partial charge in [-0.15, -0.1) is 0 Å². The van der Waals surface area contributed by atoms with Gasteiger partial charge in [0.15, 0.2) is 0 Å². The first-order valence-electron chi connectivity index (χ1n) is 10.1. The summed E-state index contributed by atoms with van der Waals surface area (Å²) in [5.41, 5.74) is 4.83. The molecular formula is C23H29NO2. The lowest BCUT2D eigenvalue weighted by Crippen LogP contribution is -2.33. The Morgan fingerprint density at radius 1 is 0.846 bits per heavy atom. The minimum atomic E-state index is 0.393. The number of piperidine rings is 1. The number of fused-ring (bicyclic) bond motifs is 1. The van der Waals surface area contributed by atoms with Crippen molar-refractivity contribution in [2.75, 3.05) is 26.2 Å². The zero-order valence-electron chi connectivity index (χ0n) is 15.5. The van der Waals surface area contributed by atoms with Gasteiger partial charge in [0.2, 0.25) is 0 Å². The van der Waals surface area contributed by atoms with E-state index in [1.54, 1.807) is 0 Å². The number of ether oxygens (including phenoxy) is 1. The minimum absolute atomic E-state index is 0.393. The van der Waals surface area contributed by atoms with Crippen LogP contribution in [0.1, 0.15) is 43.2 Å². The average Bonchev–Trinajstić information content (AvgIpc) is 2.69. The molecule has 26 heavy (non-hydrogen) atoms. The van der Waals surface area contributed by atoms with E-state index < -0.39 is 0 Å². The van der Waals surface area contributed by atoms with E-state index in [0.717, 1.165) is 42.9 Å². The predicted molar refractivity (Wildman–Crippen MR) is 106 cm³/mol. The molecule has 0 unspecified atom stereocenters. The van der Waals surface area contributed by atoms with E-state index in [-0.39, 0.29) is 0 Å². The number of phenols is 1. The molecule has 1 aliphatic carbocycles. The van der Waals surface area contributed by atoms with Gasteiger partial charge in [-0.1, -0.05) is 24.6 Å². The highest BCUT2D eigenvalue weighted by Crippen LogP contribution is 2.38. The highest BCUT2D eigenvalue weighted by molar-refractivity contribution is 5.75. The summed E-state index contributed by atoms with van der Waals surface area (Å²) in [6.07, 6.45) is 8.66. The van der Waals surface area contributed by atoms with E-state index >= 15 is 0 Å². The summed E-state index contributed by atoms with van der Waals surface area (Å²) in [4.78, 5) is 2.49. The Morgan fingerprint density at radius 2 is 1.62 bits per heavy atom. The van der Waals surface area contributed by atoms with Crippen LogP contribution < -0.4 is 4.74 Å². The molecule has 0 aromatic heterocycles. The third-order valence-electron chi connectivity index (χ3n) is 5.78. The van der Waals surface area contributed by atoms with Gasteiger partial charge in [0.05, 0.1) is 0 Å². The summed E-state index contributed by atoms with van der Waals surface area (Å²) in [5, 5.41) is 10.4. The van der Waals surface area contributed by atoms with E-state index in [4.69, 9.17) is 4.74 Å². The molecule has 1 heterocycles. The van der Waals surface area contributed by atoms with Crippen molar-refractivity contribution in [3.05, 3.63) is 47.5 Å². The lowest BCUT2D eigenvalue weighted by molar-refractivity contribution is 0.183. The lowest BCUT2D eigenvalue weighted by atomic mass is 9.85. The fourth-order valence-electron chi connectivity index (χ4n) is 4.33. The molecule has 2 aliphatic rings. The van der Waals surface area contributed by atoms with Crippen LogP contribution in [-0.4, -0.2) is 36.2 Å². The Hall–Kier alpha value is -2.00. The molecule has 0 saturated carbocycles. The monoisotopic (exact) mass is 351 g/mol. The number of nitrogens with zero attached hydrogens (tertiary/aromatic N) is 1. The number of phenolic OH excluding ortho intramolecular Hbond substituents is 1. The number of aryl methyl sites for hydroxylation is 1. The zero-order chi connectivity index (χ0) is 17.8. The van der Waals surface area contributed by atoms with Crippen molar-refractivity contribution in [3.63, 3.8) is 0 Å². The van der Waals surface area contributed by atoms with E-state index in [0.29, 0.717) is 5.75 Å². The third-order valence-corrected chi connectivity index (χ3v) is 5.78. The Kier molecular flexibility index (Phi) is 5.45. The van der Waals surface area contributed by atoms with Gasteiger partial charge < -0.3 is 9.84 Å². The molecule has 0 amide bonds. The molecule has 4 rings (SSSR count). The molecule has 1 fully saturated rings. The second-order valence-corrected chi connectivity index (χ2v) is 7.58. The normalized spacial score (nSPS) is 17.7. The van der Waals surface area contributed by atoms with Gasteiger partial charge in [-0.25, -0.2) is 0 Å². The van der Waals surface area contributed by atoms with Crippen LogP contribution in [0.2, 0.25) is 0 Å². The molecule has 2 aromatic rings. The fourth-order valence-corrected chi connectivity index (χ4v) is 4.33. The average molecular weight is 351 g/mol. The van der Waals surface area contributed by atoms with E-state index in [2.05, 4.69) is 23.1 Å². The van der Waals surface area contributed by atoms with E-state index in [1.165, 1.54) is 56.3 Å². The van der Waals surface area contributed by atoms with E-state index in [1.807, 2.05) is 18.2 Å². The molecule has 138 valence electrons. The summed E-state index contributed by atoms with van der Waals surface area (Å²) in [5.74, 6) is 1.31. The number of likely N-dealkylation sites (tertiary alicyclic amines) is 1. The van der Waals surface area contributed by atoms with Crippen molar-refractivity contribution >= 4 is 0 Å². The molecule has 3 heteroatoms. The zero-order valence-corrected chi connectivity index (χ0v) is 15.5. The predicted octanol–water partition coefficient (Wildman–Crippen LogP) is 4.80. The maximum atomic E-state index is 10.4. The van der Waals surface area contributed by atoms with Crippen LogP contribution in [0.15, 0.2) is 36.4 Å². The van der Waals surface area contributed by atoms with Gasteiger partial charge >= 0.3 is 0 Å². The molecule has 1 saturated heterocycles. The number of hydrogen-bond donors (Lipinski definition) is 1. The number of benzene rings is 2. The SMILES string of the molecule is Oc1ccc2c(c1-c1ccc(OCCN3CCCCC3)cc1)CCCC2. The summed E-state index contributed by atoms with van der Waals surface area (Å²) < 4.78 is 5.94. The molecule has 3 nitrogen and oxygen atoms in total. The minimum Gasteiger partial charge on any atom is -0.507 e. The van der Waals surface area contributed by atoms with Crippen LogP contribution in [0.4, 0.5) is 0 Å². The van der Waals surface area contributed by atoms with Crippen molar-refractivity contribution in [2.24, 2.45) is 0 Å². The van der Waals surface area contributed by atoms with Crippen molar-refractivity contribution in [2.45, 2.75) is 44.9 Å². The first-order chi connectivity index (χ1) is 12.8. The smallest absolute Gasteiger partial charge is 0.123 e. The summed E-state index contributed by atoms with van der Waals surface area (Å²) >= 11 is 0. The van der Waals surface area contributed by atoms with Crippen LogP contribution in [0.25, 0.3) is 11.1 Å². The van der Waals surface area contributed by atoms with Gasteiger partial charge in [-0.05, 0) is 86.5 Å². The number of aromatic hydroxyl groups is 1. The highest BCUT2D eigenvalue weighted by Gasteiger charge is 2.17. The molecule has 1 N–H and O–H groups in total. The maximum Gasteiger partial charge on any atom is 0.123 e. The fraction of sp³-hybridized carbons (Fsp3) is 0.478. The molecular weight excluding hydrogens is 322 g/mol. The number of hydrogen-bond acceptors (Lipinski definition) is 3. The topological polar surface area (TPSA) is 32.7 Å². The van der Waals surface area contributed by atoms with Crippen molar-refractivity contribution in [1.82, 2.24) is 4.90 Å². The second-order valence-electron chi connectivity index (χ2n) is 7.58. The maximum absolute atomic E-state index is 10.4. The van der Waals surface area contributed by atoms with Crippen molar-refractivity contribution < 1.29 is 9.84 Å². The lowest BCUT2D eigenvalue weighted by Gasteiger charge is -2.26. The quantitative estimate of drug-likeness (QED) is 0.840. The highest BCUT2D eigenvalue weighted by atomic mass is 16.5. The van der Waals surface area contributed by atoms with E-state index in [9.17, 15) is 5.11 Å². The van der Waals surface area contributed by atoms with Crippen molar-refractivity contribution in [3.8, 4) is 22.6 Å². The van der Waals surface area contributed by atoms with Gasteiger partial charge in [0.25, 0.3) is 0 Å². The van der Waals surface area contributed by atoms with Crippen LogP contribution in [0, 0.1) is 0 Å². The van der Waals surface area contributed by atoms with Gasteiger partial charge in [0.1, 0.15) is 18.1 Å². The van der Waals surface area contributed by atoms with Crippen LogP contribution >= 0.6 is 0 Å². The Morgan fingerprint density at radius 3 is 2.42 bits per heavy atom. The molecule has 1 aliphatic heterocycles. The first-order valence-corrected chi connectivity index (χ1v) is 10.1. The molecule has 2 aromatic carbocycles. The molecule has 0 atom stereocenters. The Labute approximate surface area is 156 Å². The summed E-state index contributed by atoms with van der Waals surface area (Å²) in [6, 6.07) is 12.2. The molecule has 0 bridgehead atoms. The second kappa shape index (κ2) is 8.13. The number of rotatable bonds is 5. The molecule has 0 radical (unpaired) electrons. The third kappa shape index (κ3) is 3.88. The van der Waals surface area contributed by atoms with Crippen LogP contribution in [0.3, 0.4) is 0 Å². The standard InChI is InChI=1S/C23H29NO2/c25-22-13-10-18-6-2-3-7-21(18)23(22)19-8-11-20(12-9-19)26-17-16-24-14-4-1-5-15-24/h8-13,25H,1-7,14-17H2. The summed E-state index contributed by atoms with van der Waals surface area (Å²) in [6.45, 7) is 4.17. The Bertz CT molecular complexity index is 733.